The fourth-order valence-electron chi connectivity index (χ4n) is 3.08. The van der Waals surface area contributed by atoms with Gasteiger partial charge < -0.3 is 15.5 Å². The van der Waals surface area contributed by atoms with Crippen molar-refractivity contribution in [1.82, 2.24) is 20.4 Å². The van der Waals surface area contributed by atoms with E-state index in [-0.39, 0.29) is 18.4 Å². The van der Waals surface area contributed by atoms with Crippen LogP contribution in [0.5, 0.6) is 0 Å². The van der Waals surface area contributed by atoms with Crippen LogP contribution in [0.4, 0.5) is 0 Å². The fourth-order valence-corrected chi connectivity index (χ4v) is 3.72. The van der Waals surface area contributed by atoms with Gasteiger partial charge in [-0.2, -0.15) is 0 Å². The first kappa shape index (κ1) is 15.5. The quantitative estimate of drug-likeness (QED) is 0.818. The third kappa shape index (κ3) is 3.66. The van der Waals surface area contributed by atoms with Crippen LogP contribution in [0.15, 0.2) is 17.5 Å². The first-order valence-electron chi connectivity index (χ1n) is 7.78. The highest BCUT2D eigenvalue weighted by Gasteiger charge is 2.30. The molecule has 2 fully saturated rings. The minimum Gasteiger partial charge on any atom is -0.342 e. The Hall–Kier alpha value is -1.44. The molecular formula is C15H22N4O2S. The summed E-state index contributed by atoms with van der Waals surface area (Å²) >= 11 is 1.38. The molecule has 3 rings (SSSR count). The molecule has 3 heterocycles. The molecule has 2 N–H and O–H groups in total. The predicted octanol–water partition coefficient (Wildman–Crippen LogP) is -0.0160. The van der Waals surface area contributed by atoms with Crippen molar-refractivity contribution in [3.63, 3.8) is 0 Å². The van der Waals surface area contributed by atoms with Gasteiger partial charge in [-0.15, -0.1) is 11.3 Å². The molecule has 0 radical (unpaired) electrons. The molecule has 2 amide bonds. The molecule has 2 aliphatic rings. The van der Waals surface area contributed by atoms with Gasteiger partial charge in [0.15, 0.2) is 0 Å². The summed E-state index contributed by atoms with van der Waals surface area (Å²) in [5, 5.41) is 7.92. The van der Waals surface area contributed by atoms with E-state index < -0.39 is 0 Å². The normalized spacial score (nSPS) is 22.7. The van der Waals surface area contributed by atoms with Gasteiger partial charge in [-0.3, -0.25) is 14.5 Å². The van der Waals surface area contributed by atoms with E-state index in [0.29, 0.717) is 10.9 Å². The molecule has 120 valence electrons. The van der Waals surface area contributed by atoms with E-state index in [9.17, 15) is 9.59 Å². The minimum atomic E-state index is -0.166. The Bertz CT molecular complexity index is 514. The topological polar surface area (TPSA) is 64.7 Å². The lowest BCUT2D eigenvalue weighted by Crippen LogP contribution is -2.49. The number of amides is 2. The monoisotopic (exact) mass is 322 g/mol. The summed E-state index contributed by atoms with van der Waals surface area (Å²) in [6, 6.07) is 4.07. The second kappa shape index (κ2) is 7.21. The largest absolute Gasteiger partial charge is 0.342 e. The highest BCUT2D eigenvalue weighted by Crippen LogP contribution is 2.16. The van der Waals surface area contributed by atoms with Crippen LogP contribution in [0, 0.1) is 0 Å². The van der Waals surface area contributed by atoms with E-state index in [2.05, 4.69) is 15.5 Å². The summed E-state index contributed by atoms with van der Waals surface area (Å²) in [7, 11) is 0. The molecule has 1 atom stereocenters. The number of carbonyl (C=O) groups excluding carboxylic acids is 2. The van der Waals surface area contributed by atoms with Gasteiger partial charge in [0, 0.05) is 45.3 Å². The van der Waals surface area contributed by atoms with Crippen molar-refractivity contribution in [3.8, 4) is 0 Å². The van der Waals surface area contributed by atoms with E-state index in [1.54, 1.807) is 6.07 Å². The van der Waals surface area contributed by atoms with Crippen molar-refractivity contribution < 1.29 is 9.59 Å². The Labute approximate surface area is 134 Å². The zero-order valence-electron chi connectivity index (χ0n) is 12.6. The van der Waals surface area contributed by atoms with Crippen molar-refractivity contribution in [2.24, 2.45) is 0 Å². The van der Waals surface area contributed by atoms with E-state index in [1.807, 2.05) is 16.3 Å². The van der Waals surface area contributed by atoms with Crippen LogP contribution in [-0.2, 0) is 4.79 Å². The van der Waals surface area contributed by atoms with Gasteiger partial charge in [0.1, 0.15) is 0 Å². The van der Waals surface area contributed by atoms with Crippen LogP contribution in [-0.4, -0.2) is 73.5 Å². The van der Waals surface area contributed by atoms with Gasteiger partial charge in [0.2, 0.25) is 5.91 Å². The minimum absolute atomic E-state index is 0.0162. The number of carbonyl (C=O) groups is 2. The van der Waals surface area contributed by atoms with Crippen LogP contribution in [0.1, 0.15) is 16.1 Å². The van der Waals surface area contributed by atoms with E-state index in [0.717, 1.165) is 45.7 Å². The summed E-state index contributed by atoms with van der Waals surface area (Å²) < 4.78 is 0. The van der Waals surface area contributed by atoms with Gasteiger partial charge in [0.05, 0.1) is 11.4 Å². The van der Waals surface area contributed by atoms with Gasteiger partial charge in [-0.05, 0) is 17.9 Å². The van der Waals surface area contributed by atoms with Crippen molar-refractivity contribution in [1.29, 1.82) is 0 Å². The first-order valence-corrected chi connectivity index (χ1v) is 8.66. The maximum absolute atomic E-state index is 12.2. The molecule has 0 aromatic carbocycles. The number of likely N-dealkylation sites (tertiary alicyclic amines) is 1. The van der Waals surface area contributed by atoms with Crippen LogP contribution >= 0.6 is 11.3 Å². The summed E-state index contributed by atoms with van der Waals surface area (Å²) in [6.45, 7) is 5.84. The van der Waals surface area contributed by atoms with Crippen LogP contribution in [0.3, 0.4) is 0 Å². The average molecular weight is 322 g/mol. The average Bonchev–Trinajstić information content (AvgIpc) is 3.24. The number of nitrogens with one attached hydrogen (secondary N) is 2. The van der Waals surface area contributed by atoms with Crippen molar-refractivity contribution in [2.45, 2.75) is 12.5 Å². The number of rotatable bonds is 4. The molecule has 7 heteroatoms. The molecule has 2 saturated heterocycles. The lowest BCUT2D eigenvalue weighted by Gasteiger charge is -2.32. The zero-order chi connectivity index (χ0) is 15.4. The van der Waals surface area contributed by atoms with Gasteiger partial charge in [-0.25, -0.2) is 0 Å². The number of piperazine rings is 1. The van der Waals surface area contributed by atoms with E-state index >= 15 is 0 Å². The SMILES string of the molecule is O=C(NCC(=O)N1CCC(N2CCNCC2)C1)c1cccs1. The molecule has 2 aliphatic heterocycles. The molecule has 22 heavy (non-hydrogen) atoms. The van der Waals surface area contributed by atoms with Gasteiger partial charge in [0.25, 0.3) is 5.91 Å². The summed E-state index contributed by atoms with van der Waals surface area (Å²) in [6.07, 6.45) is 1.03. The second-order valence-electron chi connectivity index (χ2n) is 5.73. The number of hydrogen-bond donors (Lipinski definition) is 2. The highest BCUT2D eigenvalue weighted by atomic mass is 32.1. The molecule has 0 spiro atoms. The van der Waals surface area contributed by atoms with Crippen molar-refractivity contribution >= 4 is 23.2 Å². The third-order valence-electron chi connectivity index (χ3n) is 4.33. The molecule has 6 nitrogen and oxygen atoms in total. The Balaban J connectivity index is 1.44. The van der Waals surface area contributed by atoms with Crippen molar-refractivity contribution in [3.05, 3.63) is 22.4 Å². The standard InChI is InChI=1S/C15H22N4O2S/c20-14(10-17-15(21)13-2-1-9-22-13)19-6-3-12(11-19)18-7-4-16-5-8-18/h1-2,9,12,16H,3-8,10-11H2,(H,17,21). The summed E-state index contributed by atoms with van der Waals surface area (Å²) in [5.74, 6) is -0.149. The maximum atomic E-state index is 12.2. The number of thiophene rings is 1. The predicted molar refractivity (Wildman–Crippen MR) is 86.1 cm³/mol. The molecule has 1 aromatic heterocycles. The van der Waals surface area contributed by atoms with E-state index in [1.165, 1.54) is 11.3 Å². The molecule has 0 aliphatic carbocycles. The third-order valence-corrected chi connectivity index (χ3v) is 5.20. The van der Waals surface area contributed by atoms with Gasteiger partial charge >= 0.3 is 0 Å². The van der Waals surface area contributed by atoms with Gasteiger partial charge in [-0.1, -0.05) is 6.07 Å². The molecule has 1 aromatic rings. The lowest BCUT2D eigenvalue weighted by molar-refractivity contribution is -0.129. The Morgan fingerprint density at radius 1 is 1.32 bits per heavy atom. The molecule has 0 saturated carbocycles. The Morgan fingerprint density at radius 3 is 2.86 bits per heavy atom. The number of nitrogens with zero attached hydrogens (tertiary/aromatic N) is 2. The molecule has 1 unspecified atom stereocenters. The molecule has 0 bridgehead atoms. The zero-order valence-corrected chi connectivity index (χ0v) is 13.4. The highest BCUT2D eigenvalue weighted by molar-refractivity contribution is 7.12. The summed E-state index contributed by atoms with van der Waals surface area (Å²) in [5.41, 5.74) is 0. The van der Waals surface area contributed by atoms with E-state index in [4.69, 9.17) is 0 Å². The Kier molecular flexibility index (Phi) is 5.07. The molecular weight excluding hydrogens is 300 g/mol. The van der Waals surface area contributed by atoms with Crippen LogP contribution in [0.2, 0.25) is 0 Å². The first-order chi connectivity index (χ1) is 10.7. The van der Waals surface area contributed by atoms with Crippen molar-refractivity contribution in [2.75, 3.05) is 45.8 Å². The van der Waals surface area contributed by atoms with Crippen LogP contribution < -0.4 is 10.6 Å². The second-order valence-corrected chi connectivity index (χ2v) is 6.68. The maximum Gasteiger partial charge on any atom is 0.261 e. The summed E-state index contributed by atoms with van der Waals surface area (Å²) in [4.78, 5) is 29.1. The lowest BCUT2D eigenvalue weighted by atomic mass is 10.2. The number of hydrogen-bond acceptors (Lipinski definition) is 5. The fraction of sp³-hybridized carbons (Fsp3) is 0.600. The Morgan fingerprint density at radius 2 is 2.14 bits per heavy atom. The van der Waals surface area contributed by atoms with Crippen LogP contribution in [0.25, 0.3) is 0 Å². The smallest absolute Gasteiger partial charge is 0.261 e.